The number of rotatable bonds is 5. The fraction of sp³-hybridized carbons (Fsp3) is 0.345. The average Bonchev–Trinajstić information content (AvgIpc) is 3.11. The molecule has 0 radical (unpaired) electrons. The van der Waals surface area contributed by atoms with E-state index >= 15 is 0 Å². The summed E-state index contributed by atoms with van der Waals surface area (Å²) in [5.41, 5.74) is 5.29. The van der Waals surface area contributed by atoms with E-state index in [-0.39, 0.29) is 24.1 Å². The number of anilines is 1. The topological polar surface area (TPSA) is 63.4 Å². The van der Waals surface area contributed by atoms with Crippen molar-refractivity contribution >= 4 is 22.4 Å². The van der Waals surface area contributed by atoms with Gasteiger partial charge in [-0.2, -0.15) is 5.10 Å². The highest BCUT2D eigenvalue weighted by Crippen LogP contribution is 2.24. The zero-order valence-electron chi connectivity index (χ0n) is 21.4. The normalized spacial score (nSPS) is 16.1. The summed E-state index contributed by atoms with van der Waals surface area (Å²) in [7, 11) is 0. The van der Waals surface area contributed by atoms with Gasteiger partial charge in [0.15, 0.2) is 0 Å². The van der Waals surface area contributed by atoms with E-state index in [0.29, 0.717) is 25.0 Å². The molecule has 1 amide bonds. The third kappa shape index (κ3) is 4.41. The number of fused-ring (bicyclic) bond motifs is 1. The van der Waals surface area contributed by atoms with Gasteiger partial charge in [0.25, 0.3) is 5.56 Å². The lowest BCUT2D eigenvalue weighted by atomic mass is 10.1. The van der Waals surface area contributed by atoms with Crippen LogP contribution in [0, 0.1) is 20.8 Å². The van der Waals surface area contributed by atoms with E-state index in [1.54, 1.807) is 6.20 Å². The van der Waals surface area contributed by atoms with Crippen LogP contribution in [-0.4, -0.2) is 50.8 Å². The molecule has 0 N–H and O–H groups in total. The van der Waals surface area contributed by atoms with E-state index in [0.717, 1.165) is 23.3 Å². The number of amides is 1. The van der Waals surface area contributed by atoms with Gasteiger partial charge < -0.3 is 14.4 Å². The van der Waals surface area contributed by atoms with E-state index < -0.39 is 0 Å². The Hall–Kier alpha value is -3.87. The van der Waals surface area contributed by atoms with Crippen LogP contribution in [-0.2, 0) is 17.9 Å². The second kappa shape index (κ2) is 9.64. The second-order valence-corrected chi connectivity index (χ2v) is 9.86. The van der Waals surface area contributed by atoms with Gasteiger partial charge in [-0.05, 0) is 51.0 Å². The van der Waals surface area contributed by atoms with E-state index in [9.17, 15) is 9.59 Å². The predicted octanol–water partition coefficient (Wildman–Crippen LogP) is 3.91. The largest absolute Gasteiger partial charge is 0.365 e. The molecule has 1 fully saturated rings. The van der Waals surface area contributed by atoms with Gasteiger partial charge in [-0.3, -0.25) is 9.59 Å². The Bertz CT molecular complexity index is 1470. The number of aryl methyl sites for hydroxylation is 3. The second-order valence-electron chi connectivity index (χ2n) is 9.86. The number of benzene rings is 2. The Balaban J connectivity index is 1.34. The van der Waals surface area contributed by atoms with Crippen LogP contribution in [0.5, 0.6) is 0 Å². The molecule has 1 aliphatic rings. The summed E-state index contributed by atoms with van der Waals surface area (Å²) in [6, 6.07) is 18.8. The molecule has 2 aromatic heterocycles. The lowest BCUT2D eigenvalue weighted by Gasteiger charge is -2.41. The van der Waals surface area contributed by atoms with E-state index in [2.05, 4.69) is 64.8 Å². The quantitative estimate of drug-likeness (QED) is 0.432. The number of carbonyl (C=O) groups is 1. The first-order chi connectivity index (χ1) is 17.3. The summed E-state index contributed by atoms with van der Waals surface area (Å²) in [6.07, 6.45) is 1.73. The number of aromatic nitrogens is 3. The van der Waals surface area contributed by atoms with Gasteiger partial charge in [-0.1, -0.05) is 42.5 Å². The van der Waals surface area contributed by atoms with E-state index in [1.165, 1.54) is 21.5 Å². The molecule has 0 bridgehead atoms. The molecule has 7 heteroatoms. The van der Waals surface area contributed by atoms with Crippen LogP contribution in [0.1, 0.15) is 29.4 Å². The van der Waals surface area contributed by atoms with Gasteiger partial charge in [-0.15, -0.1) is 0 Å². The van der Waals surface area contributed by atoms with Crippen LogP contribution < -0.4 is 10.5 Å². The highest BCUT2D eigenvalue weighted by atomic mass is 16.2. The number of piperazine rings is 1. The Labute approximate surface area is 211 Å². The lowest BCUT2D eigenvalue weighted by molar-refractivity contribution is -0.132. The minimum absolute atomic E-state index is 0.0473. The van der Waals surface area contributed by atoms with Crippen molar-refractivity contribution in [1.82, 2.24) is 19.2 Å². The molecule has 0 saturated carbocycles. The smallest absolute Gasteiger partial charge is 0.276 e. The molecule has 0 spiro atoms. The highest BCUT2D eigenvalue weighted by molar-refractivity contribution is 5.87. The molecule has 7 nitrogen and oxygen atoms in total. The first kappa shape index (κ1) is 23.9. The number of hydrogen-bond donors (Lipinski definition) is 0. The van der Waals surface area contributed by atoms with Crippen molar-refractivity contribution in [1.29, 1.82) is 0 Å². The molecule has 3 heterocycles. The van der Waals surface area contributed by atoms with E-state index in [4.69, 9.17) is 0 Å². The molecular weight excluding hydrogens is 450 g/mol. The fourth-order valence-electron chi connectivity index (χ4n) is 5.36. The van der Waals surface area contributed by atoms with Crippen molar-refractivity contribution in [3.05, 3.63) is 93.7 Å². The van der Waals surface area contributed by atoms with Gasteiger partial charge >= 0.3 is 0 Å². The Kier molecular flexibility index (Phi) is 6.39. The van der Waals surface area contributed by atoms with Crippen LogP contribution in [0.25, 0.3) is 10.8 Å². The van der Waals surface area contributed by atoms with Crippen molar-refractivity contribution in [2.75, 3.05) is 24.5 Å². The van der Waals surface area contributed by atoms with Gasteiger partial charge in [0.2, 0.25) is 5.91 Å². The Morgan fingerprint density at radius 3 is 2.50 bits per heavy atom. The SMILES string of the molecule is Cc1cccc(N2CCN(C(=O)Cn3ncc4c(C)n(Cc5ccccc5)c(C)c4c3=O)C[C@@H]2C)c1. The van der Waals surface area contributed by atoms with Crippen molar-refractivity contribution in [3.63, 3.8) is 0 Å². The first-order valence-electron chi connectivity index (χ1n) is 12.5. The maximum Gasteiger partial charge on any atom is 0.276 e. The van der Waals surface area contributed by atoms with Gasteiger partial charge in [0.05, 0.1) is 11.6 Å². The van der Waals surface area contributed by atoms with Crippen LogP contribution in [0.2, 0.25) is 0 Å². The molecule has 186 valence electrons. The molecule has 2 aromatic carbocycles. The summed E-state index contributed by atoms with van der Waals surface area (Å²) >= 11 is 0. The standard InChI is InChI=1S/C29H33N5O2/c1-20-9-8-12-25(15-20)32-14-13-31(17-21(32)2)27(35)19-34-29(36)28-23(4)33(22(3)26(28)16-30-34)18-24-10-6-5-7-11-24/h5-12,15-16,21H,13-14,17-19H2,1-4H3/t21-/m0/s1. The minimum atomic E-state index is -0.209. The molecule has 4 aromatic rings. The summed E-state index contributed by atoms with van der Waals surface area (Å²) in [5, 5.41) is 5.88. The lowest BCUT2D eigenvalue weighted by Crippen LogP contribution is -2.54. The molecular formula is C29H33N5O2. The van der Waals surface area contributed by atoms with Gasteiger partial charge in [-0.25, -0.2) is 4.68 Å². The molecule has 0 aliphatic carbocycles. The monoisotopic (exact) mass is 483 g/mol. The molecule has 36 heavy (non-hydrogen) atoms. The Morgan fingerprint density at radius 2 is 1.78 bits per heavy atom. The summed E-state index contributed by atoms with van der Waals surface area (Å²) < 4.78 is 3.48. The zero-order valence-corrected chi connectivity index (χ0v) is 21.4. The van der Waals surface area contributed by atoms with Gasteiger partial charge in [0.1, 0.15) is 6.54 Å². The predicted molar refractivity (Wildman–Crippen MR) is 144 cm³/mol. The van der Waals surface area contributed by atoms with E-state index in [1.807, 2.05) is 36.9 Å². The molecule has 0 unspecified atom stereocenters. The molecule has 1 atom stereocenters. The molecule has 1 saturated heterocycles. The van der Waals surface area contributed by atoms with Crippen LogP contribution >= 0.6 is 0 Å². The van der Waals surface area contributed by atoms with Crippen molar-refractivity contribution in [2.45, 2.75) is 46.8 Å². The zero-order chi connectivity index (χ0) is 25.4. The van der Waals surface area contributed by atoms with Crippen molar-refractivity contribution < 1.29 is 4.79 Å². The van der Waals surface area contributed by atoms with Crippen LogP contribution in [0.3, 0.4) is 0 Å². The number of hydrogen-bond acceptors (Lipinski definition) is 4. The highest BCUT2D eigenvalue weighted by Gasteiger charge is 2.27. The summed E-state index contributed by atoms with van der Waals surface area (Å²) in [4.78, 5) is 30.8. The maximum atomic E-state index is 13.4. The number of carbonyl (C=O) groups excluding carboxylic acids is 1. The molecule has 5 rings (SSSR count). The molecule has 1 aliphatic heterocycles. The maximum absolute atomic E-state index is 13.4. The summed E-state index contributed by atoms with van der Waals surface area (Å²) in [6.45, 7) is 10.9. The van der Waals surface area contributed by atoms with Crippen molar-refractivity contribution in [2.24, 2.45) is 0 Å². The third-order valence-corrected chi connectivity index (χ3v) is 7.39. The first-order valence-corrected chi connectivity index (χ1v) is 12.5. The third-order valence-electron chi connectivity index (χ3n) is 7.39. The summed E-state index contributed by atoms with van der Waals surface area (Å²) in [5.74, 6) is -0.0715. The van der Waals surface area contributed by atoms with Crippen LogP contribution in [0.15, 0.2) is 65.6 Å². The Morgan fingerprint density at radius 1 is 1.00 bits per heavy atom. The minimum Gasteiger partial charge on any atom is -0.365 e. The fourth-order valence-corrected chi connectivity index (χ4v) is 5.36. The number of nitrogens with zero attached hydrogens (tertiary/aromatic N) is 5. The van der Waals surface area contributed by atoms with Crippen LogP contribution in [0.4, 0.5) is 5.69 Å². The van der Waals surface area contributed by atoms with Gasteiger partial charge in [0, 0.05) is 54.7 Å². The van der Waals surface area contributed by atoms with Crippen molar-refractivity contribution in [3.8, 4) is 0 Å². The average molecular weight is 484 g/mol.